The molecule has 0 radical (unpaired) electrons. The van der Waals surface area contributed by atoms with Crippen LogP contribution in [0.4, 0.5) is 0 Å². The largest absolute Gasteiger partial charge is 0.496 e. The summed E-state index contributed by atoms with van der Waals surface area (Å²) in [5.74, 6) is 2.14. The van der Waals surface area contributed by atoms with E-state index in [0.29, 0.717) is 17.9 Å². The number of hydrogen-bond acceptors (Lipinski definition) is 3. The number of amides is 1. The molecule has 1 aromatic rings. The zero-order valence-electron chi connectivity index (χ0n) is 14.8. The van der Waals surface area contributed by atoms with Gasteiger partial charge in [0.1, 0.15) is 5.75 Å². The van der Waals surface area contributed by atoms with Crippen LogP contribution < -0.4 is 15.8 Å². The van der Waals surface area contributed by atoms with Crippen molar-refractivity contribution >= 4 is 34.2 Å². The molecule has 6 heteroatoms. The number of carbonyl (C=O) groups is 1. The van der Waals surface area contributed by atoms with E-state index in [4.69, 9.17) is 10.5 Å². The lowest BCUT2D eigenvalue weighted by Gasteiger charge is -2.43. The van der Waals surface area contributed by atoms with Crippen LogP contribution >= 0.6 is 28.3 Å². The van der Waals surface area contributed by atoms with Gasteiger partial charge in [-0.1, -0.05) is 12.5 Å². The number of benzene rings is 1. The third kappa shape index (κ3) is 4.50. The van der Waals surface area contributed by atoms with Gasteiger partial charge in [-0.15, -0.1) is 12.4 Å². The first-order valence-corrected chi connectivity index (χ1v) is 9.68. The molecule has 2 fully saturated rings. The van der Waals surface area contributed by atoms with E-state index in [1.54, 1.807) is 7.11 Å². The van der Waals surface area contributed by atoms with Gasteiger partial charge in [0.15, 0.2) is 0 Å². The third-order valence-electron chi connectivity index (χ3n) is 5.82. The van der Waals surface area contributed by atoms with Crippen molar-refractivity contribution in [1.82, 2.24) is 5.32 Å². The molecule has 140 valence electrons. The summed E-state index contributed by atoms with van der Waals surface area (Å²) in [6.07, 6.45) is 5.53. The summed E-state index contributed by atoms with van der Waals surface area (Å²) < 4.78 is 6.17. The van der Waals surface area contributed by atoms with Crippen LogP contribution in [0.2, 0.25) is 0 Å². The van der Waals surface area contributed by atoms with Gasteiger partial charge in [-0.25, -0.2) is 0 Å². The van der Waals surface area contributed by atoms with Gasteiger partial charge in [0.05, 0.1) is 17.6 Å². The minimum Gasteiger partial charge on any atom is -0.496 e. The fourth-order valence-corrected chi connectivity index (χ4v) is 4.93. The normalized spacial score (nSPS) is 29.3. The summed E-state index contributed by atoms with van der Waals surface area (Å²) in [5, 5.41) is 3.19. The lowest BCUT2D eigenvalue weighted by atomic mass is 9.65. The number of methoxy groups -OCH3 is 1. The molecule has 4 nitrogen and oxygen atoms in total. The summed E-state index contributed by atoms with van der Waals surface area (Å²) in [7, 11) is 1.65. The molecule has 3 rings (SSSR count). The van der Waals surface area contributed by atoms with E-state index >= 15 is 0 Å². The molecule has 1 aromatic carbocycles. The Morgan fingerprint density at radius 2 is 1.96 bits per heavy atom. The second-order valence-electron chi connectivity index (χ2n) is 7.32. The number of halogens is 2. The van der Waals surface area contributed by atoms with Gasteiger partial charge in [0, 0.05) is 12.0 Å². The number of hydrogen-bond donors (Lipinski definition) is 2. The van der Waals surface area contributed by atoms with Crippen molar-refractivity contribution in [2.24, 2.45) is 23.5 Å². The predicted molar refractivity (Wildman–Crippen MR) is 106 cm³/mol. The Morgan fingerprint density at radius 1 is 1.32 bits per heavy atom. The highest BCUT2D eigenvalue weighted by Crippen LogP contribution is 2.42. The Kier molecular flexibility index (Phi) is 7.18. The van der Waals surface area contributed by atoms with Crippen LogP contribution in [0.5, 0.6) is 5.75 Å². The van der Waals surface area contributed by atoms with Crippen LogP contribution in [0, 0.1) is 17.8 Å². The van der Waals surface area contributed by atoms with Crippen molar-refractivity contribution in [3.05, 3.63) is 28.2 Å². The van der Waals surface area contributed by atoms with Gasteiger partial charge in [0.25, 0.3) is 0 Å². The molecule has 0 heterocycles. The highest BCUT2D eigenvalue weighted by Gasteiger charge is 2.40. The average molecular weight is 432 g/mol. The summed E-state index contributed by atoms with van der Waals surface area (Å²) in [4.78, 5) is 12.7. The fraction of sp³-hybridized carbons (Fsp3) is 0.632. The fourth-order valence-electron chi connectivity index (χ4n) is 4.37. The molecule has 0 aliphatic heterocycles. The molecule has 3 N–H and O–H groups in total. The third-order valence-corrected chi connectivity index (χ3v) is 6.44. The summed E-state index contributed by atoms with van der Waals surface area (Å²) in [5.41, 5.74) is 7.41. The maximum atomic E-state index is 12.7. The van der Waals surface area contributed by atoms with Crippen LogP contribution in [-0.4, -0.2) is 19.1 Å². The number of nitrogens with one attached hydrogen (secondary N) is 1. The Bertz CT molecular complexity index is 599. The predicted octanol–water partition coefficient (Wildman–Crippen LogP) is 4.21. The smallest absolute Gasteiger partial charge is 0.223 e. The monoisotopic (exact) mass is 430 g/mol. The van der Waals surface area contributed by atoms with E-state index < -0.39 is 0 Å². The van der Waals surface area contributed by atoms with E-state index in [1.807, 2.05) is 25.1 Å². The van der Waals surface area contributed by atoms with Crippen molar-refractivity contribution < 1.29 is 9.53 Å². The molecule has 2 aliphatic carbocycles. The number of fused-ring (bicyclic) bond motifs is 2. The van der Waals surface area contributed by atoms with Crippen LogP contribution in [0.25, 0.3) is 0 Å². The second-order valence-corrected chi connectivity index (χ2v) is 8.18. The van der Waals surface area contributed by atoms with E-state index in [2.05, 4.69) is 21.2 Å². The molecule has 2 aliphatic rings. The van der Waals surface area contributed by atoms with Gasteiger partial charge in [-0.2, -0.15) is 0 Å². The molecule has 3 atom stereocenters. The standard InChI is InChI=1S/C19H27BrN2O2.ClH/c1-11(12-6-7-17(24-2)16(20)10-12)22-19(23)15-8-13-4-3-5-14(9-15)18(13)21;/h6-7,10-11,13-15,18H,3-5,8-9,21H2,1-2H3,(H,22,23);1H. The first-order chi connectivity index (χ1) is 11.5. The van der Waals surface area contributed by atoms with Crippen molar-refractivity contribution in [2.75, 3.05) is 7.11 Å². The van der Waals surface area contributed by atoms with E-state index in [-0.39, 0.29) is 30.3 Å². The number of rotatable bonds is 4. The molecule has 0 saturated heterocycles. The van der Waals surface area contributed by atoms with Crippen molar-refractivity contribution in [1.29, 1.82) is 0 Å². The molecule has 0 spiro atoms. The van der Waals surface area contributed by atoms with Gasteiger partial charge in [-0.3, -0.25) is 4.79 Å². The number of ether oxygens (including phenoxy) is 1. The zero-order valence-corrected chi connectivity index (χ0v) is 17.2. The zero-order chi connectivity index (χ0) is 17.3. The summed E-state index contributed by atoms with van der Waals surface area (Å²) in [6, 6.07) is 6.22. The van der Waals surface area contributed by atoms with E-state index in [9.17, 15) is 4.79 Å². The van der Waals surface area contributed by atoms with Crippen LogP contribution in [-0.2, 0) is 4.79 Å². The quantitative estimate of drug-likeness (QED) is 0.750. The number of nitrogens with two attached hydrogens (primary N) is 1. The maximum Gasteiger partial charge on any atom is 0.223 e. The summed E-state index contributed by atoms with van der Waals surface area (Å²) >= 11 is 3.51. The van der Waals surface area contributed by atoms with Gasteiger partial charge in [-0.05, 0) is 78.1 Å². The topological polar surface area (TPSA) is 64.3 Å². The molecular weight excluding hydrogens is 404 g/mol. The van der Waals surface area contributed by atoms with Crippen molar-refractivity contribution in [3.63, 3.8) is 0 Å². The minimum absolute atomic E-state index is 0. The SMILES string of the molecule is COc1ccc(C(C)NC(=O)C2CC3CCCC(C2)C3N)cc1Br.Cl. The van der Waals surface area contributed by atoms with Crippen LogP contribution in [0.1, 0.15) is 50.6 Å². The van der Waals surface area contributed by atoms with Gasteiger partial charge < -0.3 is 15.8 Å². The lowest BCUT2D eigenvalue weighted by molar-refractivity contribution is -0.128. The summed E-state index contributed by atoms with van der Waals surface area (Å²) in [6.45, 7) is 2.03. The molecule has 0 aromatic heterocycles. The maximum absolute atomic E-state index is 12.7. The average Bonchev–Trinajstić information content (AvgIpc) is 2.54. The molecule has 1 amide bonds. The first-order valence-electron chi connectivity index (χ1n) is 8.89. The van der Waals surface area contributed by atoms with E-state index in [0.717, 1.165) is 28.6 Å². The van der Waals surface area contributed by atoms with Gasteiger partial charge in [0.2, 0.25) is 5.91 Å². The lowest BCUT2D eigenvalue weighted by Crippen LogP contribution is -2.49. The molecule has 2 bridgehead atoms. The Morgan fingerprint density at radius 3 is 2.52 bits per heavy atom. The van der Waals surface area contributed by atoms with Crippen LogP contribution in [0.15, 0.2) is 22.7 Å². The molecule has 3 unspecified atom stereocenters. The Balaban J connectivity index is 0.00000225. The molecule has 2 saturated carbocycles. The van der Waals surface area contributed by atoms with Gasteiger partial charge >= 0.3 is 0 Å². The molecular formula is C19H28BrClN2O2. The van der Waals surface area contributed by atoms with Crippen molar-refractivity contribution in [2.45, 2.75) is 51.1 Å². The second kappa shape index (κ2) is 8.74. The van der Waals surface area contributed by atoms with Crippen molar-refractivity contribution in [3.8, 4) is 5.75 Å². The van der Waals surface area contributed by atoms with Crippen LogP contribution in [0.3, 0.4) is 0 Å². The Hall–Kier alpha value is -0.780. The molecule has 25 heavy (non-hydrogen) atoms. The first kappa shape index (κ1) is 20.5. The van der Waals surface area contributed by atoms with E-state index in [1.165, 1.54) is 19.3 Å². The number of carbonyl (C=O) groups excluding carboxylic acids is 1. The highest BCUT2D eigenvalue weighted by molar-refractivity contribution is 9.10. The Labute approximate surface area is 164 Å². The minimum atomic E-state index is -0.0184. The highest BCUT2D eigenvalue weighted by atomic mass is 79.9.